The topological polar surface area (TPSA) is 232 Å². The molecular formula is C18H21N10O6PS2. The molecule has 1 unspecified atom stereocenters. The Morgan fingerprint density at radius 3 is 2.84 bits per heavy atom. The average Bonchev–Trinajstić information content (AvgIpc) is 3.33. The van der Waals surface area contributed by atoms with Crippen molar-refractivity contribution < 1.29 is 28.7 Å². The number of tetrazole rings is 1. The first kappa shape index (κ1) is 26.6. The molecule has 2 amide bonds. The Balaban J connectivity index is 1.56. The fraction of sp³-hybridized carbons (Fsp3) is 0.389. The molecule has 2 aliphatic rings. The Morgan fingerprint density at radius 2 is 2.22 bits per heavy atom. The van der Waals surface area contributed by atoms with Crippen molar-refractivity contribution in [2.75, 3.05) is 24.8 Å². The molecule has 196 valence electrons. The van der Waals surface area contributed by atoms with E-state index in [0.717, 1.165) is 4.90 Å². The molecule has 0 radical (unpaired) electrons. The van der Waals surface area contributed by atoms with Gasteiger partial charge < -0.3 is 20.8 Å². The molecule has 0 spiro atoms. The Hall–Kier alpha value is -3.50. The van der Waals surface area contributed by atoms with Gasteiger partial charge in [0.05, 0.1) is 0 Å². The summed E-state index contributed by atoms with van der Waals surface area (Å²) in [7, 11) is -3.13. The third kappa shape index (κ3) is 5.75. The van der Waals surface area contributed by atoms with E-state index in [1.54, 1.807) is 6.92 Å². The van der Waals surface area contributed by atoms with Crippen molar-refractivity contribution >= 4 is 60.2 Å². The number of oxime groups is 1. The van der Waals surface area contributed by atoms with Crippen molar-refractivity contribution in [3.05, 3.63) is 29.4 Å². The molecule has 0 bridgehead atoms. The van der Waals surface area contributed by atoms with Gasteiger partial charge in [-0.3, -0.25) is 19.1 Å². The number of carbonyl (C=O) groups excluding carboxylic acids is 2. The Bertz CT molecular complexity index is 1350. The highest BCUT2D eigenvalue weighted by molar-refractivity contribution is 8.01. The van der Waals surface area contributed by atoms with E-state index in [9.17, 15) is 24.1 Å². The summed E-state index contributed by atoms with van der Waals surface area (Å²) in [6.45, 7) is 4.37. The number of hydrogen-bond donors (Lipinski definition) is 4. The van der Waals surface area contributed by atoms with Crippen molar-refractivity contribution in [1.29, 1.82) is 0 Å². The number of fused-ring (bicyclic) bond motifs is 1. The molecule has 16 nitrogen and oxygen atoms in total. The third-order valence-electron chi connectivity index (χ3n) is 5.02. The van der Waals surface area contributed by atoms with Crippen LogP contribution in [-0.4, -0.2) is 99.8 Å². The van der Waals surface area contributed by atoms with Gasteiger partial charge in [0, 0.05) is 30.5 Å². The lowest BCUT2D eigenvalue weighted by atomic mass is 10.0. The van der Waals surface area contributed by atoms with Gasteiger partial charge >= 0.3 is 5.97 Å². The van der Waals surface area contributed by atoms with Crippen LogP contribution in [0.4, 0.5) is 5.82 Å². The number of aromatic amines is 1. The summed E-state index contributed by atoms with van der Waals surface area (Å²) in [5.41, 5.74) is 5.59. The standard InChI is InChI=1S/C18H21N10O6PS2/c1-7(37-18-23-26-27-24-18)8-6-36-16-11(15(30)28(16)12(8)17(31)32)22-14(29)10(25-34-35(2,3)33)13-20-5-4-9(19)21-13/h4-5,7,11,16H,6H2,1-3H3,(H,22,29)(H,31,32)(H2,19,20,21)(H,23,24,26,27)/t7?,11-,16+/m1/s1. The number of nitrogens with one attached hydrogen (secondary N) is 2. The van der Waals surface area contributed by atoms with Gasteiger partial charge in [0.2, 0.25) is 10.9 Å². The van der Waals surface area contributed by atoms with E-state index in [1.165, 1.54) is 49.1 Å². The number of H-pyrrole nitrogens is 1. The van der Waals surface area contributed by atoms with Crippen molar-refractivity contribution in [1.82, 2.24) is 40.8 Å². The lowest BCUT2D eigenvalue weighted by molar-refractivity contribution is -0.150. The van der Waals surface area contributed by atoms with E-state index >= 15 is 0 Å². The minimum absolute atomic E-state index is 0.0481. The maximum absolute atomic E-state index is 13.1. The summed E-state index contributed by atoms with van der Waals surface area (Å²) in [5, 5.41) is 28.9. The number of nitrogen functional groups attached to an aromatic ring is 1. The largest absolute Gasteiger partial charge is 0.477 e. The van der Waals surface area contributed by atoms with E-state index in [-0.39, 0.29) is 28.3 Å². The van der Waals surface area contributed by atoms with Crippen molar-refractivity contribution in [2.45, 2.75) is 28.7 Å². The molecule has 4 heterocycles. The maximum Gasteiger partial charge on any atom is 0.352 e. The normalized spacial score (nSPS) is 20.7. The number of carbonyl (C=O) groups is 3. The number of aromatic nitrogens is 6. The molecule has 2 aromatic rings. The Labute approximate surface area is 217 Å². The molecule has 1 fully saturated rings. The number of thioether (sulfide) groups is 2. The lowest BCUT2D eigenvalue weighted by Crippen LogP contribution is -2.71. The van der Waals surface area contributed by atoms with E-state index in [0.29, 0.717) is 10.7 Å². The molecule has 0 saturated carbocycles. The predicted octanol–water partition coefficient (Wildman–Crippen LogP) is -0.250. The van der Waals surface area contributed by atoms with Crippen LogP contribution in [0.3, 0.4) is 0 Å². The average molecular weight is 569 g/mol. The van der Waals surface area contributed by atoms with Crippen molar-refractivity contribution in [3.63, 3.8) is 0 Å². The van der Waals surface area contributed by atoms with Crippen LogP contribution in [-0.2, 0) is 23.6 Å². The van der Waals surface area contributed by atoms with Gasteiger partial charge in [-0.1, -0.05) is 16.9 Å². The smallest absolute Gasteiger partial charge is 0.352 e. The minimum Gasteiger partial charge on any atom is -0.477 e. The van der Waals surface area contributed by atoms with Crippen LogP contribution in [0, 0.1) is 0 Å². The lowest BCUT2D eigenvalue weighted by Gasteiger charge is -2.49. The molecule has 1 saturated heterocycles. The second-order valence-corrected chi connectivity index (χ2v) is 13.2. The molecule has 5 N–H and O–H groups in total. The Kier molecular flexibility index (Phi) is 7.52. The maximum atomic E-state index is 13.1. The summed E-state index contributed by atoms with van der Waals surface area (Å²) in [6.07, 6.45) is 1.30. The molecule has 19 heteroatoms. The number of aliphatic carboxylic acids is 1. The fourth-order valence-electron chi connectivity index (χ4n) is 3.40. The second-order valence-electron chi connectivity index (χ2n) is 8.07. The zero-order valence-corrected chi connectivity index (χ0v) is 22.1. The predicted molar refractivity (Wildman–Crippen MR) is 133 cm³/mol. The number of carboxylic acids is 1. The van der Waals surface area contributed by atoms with Gasteiger partial charge in [-0.2, -0.15) is 5.21 Å². The molecule has 3 atom stereocenters. The number of amides is 2. The molecule has 0 aromatic carbocycles. The number of nitrogens with two attached hydrogens (primary N) is 1. The summed E-state index contributed by atoms with van der Waals surface area (Å²) in [4.78, 5) is 47.3. The van der Waals surface area contributed by atoms with Crippen molar-refractivity contribution in [3.8, 4) is 0 Å². The fourth-order valence-corrected chi connectivity index (χ4v) is 6.10. The van der Waals surface area contributed by atoms with E-state index < -0.39 is 42.3 Å². The van der Waals surface area contributed by atoms with Crippen LogP contribution >= 0.6 is 30.9 Å². The van der Waals surface area contributed by atoms with Gasteiger partial charge in [0.25, 0.3) is 19.2 Å². The molecule has 2 aromatic heterocycles. The second kappa shape index (κ2) is 10.5. The first-order valence-corrected chi connectivity index (χ1v) is 14.9. The first-order valence-electron chi connectivity index (χ1n) is 10.5. The van der Waals surface area contributed by atoms with Crippen LogP contribution in [0.2, 0.25) is 0 Å². The molecular weight excluding hydrogens is 547 g/mol. The zero-order chi connectivity index (χ0) is 26.9. The van der Waals surface area contributed by atoms with Gasteiger partial charge in [-0.05, 0) is 23.8 Å². The summed E-state index contributed by atoms with van der Waals surface area (Å²) >= 11 is 2.48. The van der Waals surface area contributed by atoms with Gasteiger partial charge in [-0.25, -0.2) is 14.8 Å². The number of hydrogen-bond acceptors (Lipinski definition) is 14. The minimum atomic E-state index is -3.13. The molecule has 37 heavy (non-hydrogen) atoms. The highest BCUT2D eigenvalue weighted by Crippen LogP contribution is 2.43. The summed E-state index contributed by atoms with van der Waals surface area (Å²) in [5.74, 6) is -2.65. The van der Waals surface area contributed by atoms with E-state index in [2.05, 4.69) is 41.1 Å². The first-order chi connectivity index (χ1) is 17.5. The van der Waals surface area contributed by atoms with Crippen LogP contribution in [0.15, 0.2) is 33.8 Å². The molecule has 0 aliphatic carbocycles. The highest BCUT2D eigenvalue weighted by Gasteiger charge is 2.55. The number of rotatable bonds is 9. The summed E-state index contributed by atoms with van der Waals surface area (Å²) in [6, 6.07) is 0.334. The quantitative estimate of drug-likeness (QED) is 0.100. The summed E-state index contributed by atoms with van der Waals surface area (Å²) < 4.78 is 17.0. The zero-order valence-electron chi connectivity index (χ0n) is 19.6. The van der Waals surface area contributed by atoms with Gasteiger partial charge in [-0.15, -0.1) is 22.0 Å². The van der Waals surface area contributed by atoms with E-state index in [1.807, 2.05) is 0 Å². The van der Waals surface area contributed by atoms with E-state index in [4.69, 9.17) is 10.4 Å². The van der Waals surface area contributed by atoms with Crippen LogP contribution in [0.25, 0.3) is 0 Å². The number of anilines is 1. The molecule has 2 aliphatic heterocycles. The van der Waals surface area contributed by atoms with Gasteiger partial charge in [0.1, 0.15) is 22.9 Å². The Morgan fingerprint density at radius 1 is 1.46 bits per heavy atom. The van der Waals surface area contributed by atoms with Crippen LogP contribution in [0.1, 0.15) is 12.7 Å². The highest BCUT2D eigenvalue weighted by atomic mass is 32.2. The number of nitrogens with zero attached hydrogens (tertiary/aromatic N) is 7. The monoisotopic (exact) mass is 568 g/mol. The third-order valence-corrected chi connectivity index (χ3v) is 7.82. The van der Waals surface area contributed by atoms with Crippen LogP contribution < -0.4 is 11.1 Å². The van der Waals surface area contributed by atoms with Crippen LogP contribution in [0.5, 0.6) is 0 Å². The number of carboxylic acid groups (broad SMARTS) is 1. The molecule has 4 rings (SSSR count). The number of β-lactam (4-membered cyclic amide) rings is 1. The van der Waals surface area contributed by atoms with Crippen molar-refractivity contribution in [2.24, 2.45) is 5.16 Å². The van der Waals surface area contributed by atoms with Gasteiger partial charge in [0.15, 0.2) is 5.82 Å². The SMILES string of the molecule is CC(Sc1nn[nH]n1)C1=C(C(=O)O)N2C(=O)[C@@H](NC(=O)C(=NOP(C)(C)=O)c3nccc(N)n3)[C@@H]2SC1.